The second-order valence-electron chi connectivity index (χ2n) is 8.02. The van der Waals surface area contributed by atoms with Gasteiger partial charge in [-0.2, -0.15) is 18.3 Å². The summed E-state index contributed by atoms with van der Waals surface area (Å²) in [6.45, 7) is 3.77. The Morgan fingerprint density at radius 1 is 1.15 bits per heavy atom. The van der Waals surface area contributed by atoms with Crippen LogP contribution in [0.5, 0.6) is 11.5 Å². The van der Waals surface area contributed by atoms with Crippen molar-refractivity contribution in [2.75, 3.05) is 6.61 Å². The van der Waals surface area contributed by atoms with E-state index in [1.165, 1.54) is 24.3 Å². The van der Waals surface area contributed by atoms with Gasteiger partial charge >= 0.3 is 6.18 Å². The molecule has 1 amide bonds. The minimum Gasteiger partial charge on any atom is -0.455 e. The van der Waals surface area contributed by atoms with Gasteiger partial charge in [0, 0.05) is 13.2 Å². The number of nitrogens with zero attached hydrogens (tertiary/aromatic N) is 3. The van der Waals surface area contributed by atoms with Crippen molar-refractivity contribution in [2.45, 2.75) is 32.5 Å². The van der Waals surface area contributed by atoms with Crippen molar-refractivity contribution >= 4 is 5.91 Å². The minimum atomic E-state index is -4.45. The van der Waals surface area contributed by atoms with Crippen LogP contribution in [0.1, 0.15) is 36.3 Å². The normalized spacial score (nSPS) is 12.6. The van der Waals surface area contributed by atoms with Crippen molar-refractivity contribution in [3.05, 3.63) is 59.9 Å². The van der Waals surface area contributed by atoms with Crippen LogP contribution >= 0.6 is 0 Å². The molecule has 33 heavy (non-hydrogen) atoms. The molecule has 3 rings (SSSR count). The minimum absolute atomic E-state index is 0.0950. The van der Waals surface area contributed by atoms with E-state index in [0.29, 0.717) is 12.1 Å². The molecular formula is C23H25F3N4O3. The first-order chi connectivity index (χ1) is 15.6. The molecule has 0 spiro atoms. The molecule has 0 saturated heterocycles. The summed E-state index contributed by atoms with van der Waals surface area (Å²) in [7, 11) is 1.72. The van der Waals surface area contributed by atoms with E-state index in [1.54, 1.807) is 24.0 Å². The summed E-state index contributed by atoms with van der Waals surface area (Å²) in [4.78, 5) is 17.1. The summed E-state index contributed by atoms with van der Waals surface area (Å²) in [6, 6.07) is 8.50. The number of benzene rings is 1. The van der Waals surface area contributed by atoms with E-state index in [0.717, 1.165) is 12.1 Å². The molecule has 176 valence electrons. The fourth-order valence-electron chi connectivity index (χ4n) is 3.23. The van der Waals surface area contributed by atoms with E-state index in [-0.39, 0.29) is 35.4 Å². The lowest BCUT2D eigenvalue weighted by Gasteiger charge is -2.18. The average molecular weight is 462 g/mol. The van der Waals surface area contributed by atoms with Crippen molar-refractivity contribution in [1.29, 1.82) is 0 Å². The highest BCUT2D eigenvalue weighted by Gasteiger charge is 2.30. The summed E-state index contributed by atoms with van der Waals surface area (Å²) >= 11 is 0. The molecule has 10 heteroatoms. The number of ether oxygens (including phenoxy) is 1. The maximum Gasteiger partial charge on any atom is 0.416 e. The third-order valence-corrected chi connectivity index (χ3v) is 4.77. The zero-order valence-corrected chi connectivity index (χ0v) is 18.4. The van der Waals surface area contributed by atoms with Crippen LogP contribution < -0.4 is 10.1 Å². The van der Waals surface area contributed by atoms with Crippen LogP contribution in [0.2, 0.25) is 0 Å². The van der Waals surface area contributed by atoms with Crippen LogP contribution in [0.15, 0.2) is 48.7 Å². The number of hydrogen-bond donors (Lipinski definition) is 2. The van der Waals surface area contributed by atoms with Gasteiger partial charge in [-0.05, 0) is 54.8 Å². The number of aryl methyl sites for hydroxylation is 1. The number of amides is 1. The van der Waals surface area contributed by atoms with Gasteiger partial charge in [0.15, 0.2) is 5.75 Å². The van der Waals surface area contributed by atoms with Gasteiger partial charge in [-0.1, -0.05) is 13.8 Å². The van der Waals surface area contributed by atoms with E-state index in [1.807, 2.05) is 13.8 Å². The smallest absolute Gasteiger partial charge is 0.416 e. The number of nitrogens with one attached hydrogen (secondary N) is 1. The maximum atomic E-state index is 12.8. The van der Waals surface area contributed by atoms with Crippen LogP contribution in [0.25, 0.3) is 11.4 Å². The van der Waals surface area contributed by atoms with E-state index >= 15 is 0 Å². The summed E-state index contributed by atoms with van der Waals surface area (Å²) < 4.78 is 45.8. The summed E-state index contributed by atoms with van der Waals surface area (Å²) in [5.41, 5.74) is -0.00934. The summed E-state index contributed by atoms with van der Waals surface area (Å²) in [5, 5.41) is 16.6. The van der Waals surface area contributed by atoms with Crippen molar-refractivity contribution in [3.63, 3.8) is 0 Å². The predicted octanol–water partition coefficient (Wildman–Crippen LogP) is 4.43. The Morgan fingerprint density at radius 2 is 1.85 bits per heavy atom. The van der Waals surface area contributed by atoms with Gasteiger partial charge in [0.1, 0.15) is 22.8 Å². The molecule has 2 aromatic heterocycles. The molecule has 0 aliphatic rings. The monoisotopic (exact) mass is 462 g/mol. The number of aliphatic hydroxyl groups excluding tert-OH is 1. The van der Waals surface area contributed by atoms with Crippen molar-refractivity contribution in [1.82, 2.24) is 20.1 Å². The van der Waals surface area contributed by atoms with E-state index in [2.05, 4.69) is 15.4 Å². The molecule has 0 aliphatic heterocycles. The molecule has 7 nitrogen and oxygen atoms in total. The molecule has 0 fully saturated rings. The van der Waals surface area contributed by atoms with Gasteiger partial charge in [-0.25, -0.2) is 4.98 Å². The standard InChI is InChI=1S/C23H25F3N4O3/c1-14(2)12-16(13-31)27-22(32)19-8-9-20(21(28-19)18-10-11-30(3)29-18)33-17-6-4-15(5-7-17)23(24,25)26/h4-11,14,16,31H,12-13H2,1-3H3,(H,27,32). The van der Waals surface area contributed by atoms with Gasteiger partial charge in [-0.15, -0.1) is 0 Å². The largest absolute Gasteiger partial charge is 0.455 e. The van der Waals surface area contributed by atoms with Gasteiger partial charge in [0.05, 0.1) is 18.2 Å². The predicted molar refractivity (Wildman–Crippen MR) is 116 cm³/mol. The second-order valence-corrected chi connectivity index (χ2v) is 8.02. The van der Waals surface area contributed by atoms with E-state index < -0.39 is 23.7 Å². The summed E-state index contributed by atoms with van der Waals surface area (Å²) in [6.07, 6.45) is -2.16. The van der Waals surface area contributed by atoms with Crippen molar-refractivity contribution < 1.29 is 27.8 Å². The molecule has 1 atom stereocenters. The first-order valence-corrected chi connectivity index (χ1v) is 10.3. The third kappa shape index (κ3) is 6.32. The quantitative estimate of drug-likeness (QED) is 0.517. The molecule has 0 aliphatic carbocycles. The van der Waals surface area contributed by atoms with Gasteiger partial charge in [0.25, 0.3) is 5.91 Å². The highest BCUT2D eigenvalue weighted by molar-refractivity contribution is 5.93. The van der Waals surface area contributed by atoms with Gasteiger partial charge in [0.2, 0.25) is 0 Å². The molecule has 0 saturated carbocycles. The number of aliphatic hydroxyl groups is 1. The summed E-state index contributed by atoms with van der Waals surface area (Å²) in [5.74, 6) is 0.217. The van der Waals surface area contributed by atoms with E-state index in [4.69, 9.17) is 4.74 Å². The molecule has 2 heterocycles. The Bertz CT molecular complexity index is 1100. The molecule has 1 aromatic carbocycles. The highest BCUT2D eigenvalue weighted by Crippen LogP contribution is 2.34. The Morgan fingerprint density at radius 3 is 2.39 bits per heavy atom. The number of rotatable bonds is 8. The number of halogens is 3. The number of pyridine rings is 1. The lowest BCUT2D eigenvalue weighted by atomic mass is 10.0. The third-order valence-electron chi connectivity index (χ3n) is 4.77. The molecular weight excluding hydrogens is 437 g/mol. The van der Waals surface area contributed by atoms with Crippen molar-refractivity contribution in [3.8, 4) is 22.9 Å². The highest BCUT2D eigenvalue weighted by atomic mass is 19.4. The zero-order valence-electron chi connectivity index (χ0n) is 18.4. The van der Waals surface area contributed by atoms with E-state index in [9.17, 15) is 23.1 Å². The Balaban J connectivity index is 1.90. The Kier molecular flexibility index (Phi) is 7.37. The number of carbonyl (C=O) groups is 1. The van der Waals surface area contributed by atoms with Crippen LogP contribution in [-0.2, 0) is 13.2 Å². The fourth-order valence-corrected chi connectivity index (χ4v) is 3.23. The molecule has 0 bridgehead atoms. The van der Waals surface area contributed by atoms with Crippen LogP contribution in [-0.4, -0.2) is 38.4 Å². The first-order valence-electron chi connectivity index (χ1n) is 10.3. The fraction of sp³-hybridized carbons (Fsp3) is 0.348. The molecule has 1 unspecified atom stereocenters. The maximum absolute atomic E-state index is 12.8. The first kappa shape index (κ1) is 24.2. The number of alkyl halides is 3. The number of hydrogen-bond acceptors (Lipinski definition) is 5. The second kappa shape index (κ2) is 10.0. The Labute approximate surface area is 189 Å². The average Bonchev–Trinajstić information content (AvgIpc) is 3.19. The molecule has 3 aromatic rings. The SMILES string of the molecule is CC(C)CC(CO)NC(=O)c1ccc(Oc2ccc(C(F)(F)F)cc2)c(-c2ccn(C)n2)n1. The number of carbonyl (C=O) groups excluding carboxylic acids is 1. The Hall–Kier alpha value is -3.40. The lowest BCUT2D eigenvalue weighted by molar-refractivity contribution is -0.137. The van der Waals surface area contributed by atoms with Crippen LogP contribution in [0.4, 0.5) is 13.2 Å². The van der Waals surface area contributed by atoms with Crippen LogP contribution in [0, 0.1) is 5.92 Å². The van der Waals surface area contributed by atoms with Gasteiger partial charge in [-0.3, -0.25) is 9.48 Å². The van der Waals surface area contributed by atoms with Crippen molar-refractivity contribution in [2.24, 2.45) is 13.0 Å². The molecule has 0 radical (unpaired) electrons. The topological polar surface area (TPSA) is 89.3 Å². The zero-order chi connectivity index (χ0) is 24.2. The number of aromatic nitrogens is 3. The van der Waals surface area contributed by atoms with Gasteiger partial charge < -0.3 is 15.2 Å². The van der Waals surface area contributed by atoms with Crippen LogP contribution in [0.3, 0.4) is 0 Å². The molecule has 2 N–H and O–H groups in total. The lowest BCUT2D eigenvalue weighted by Crippen LogP contribution is -2.38.